The minimum atomic E-state index is -5.75. The second kappa shape index (κ2) is 6.30. The number of rotatable bonds is 0. The predicted molar refractivity (Wildman–Crippen MR) is 2.75 cm³/mol. The van der Waals surface area contributed by atoms with Crippen molar-refractivity contribution in [1.82, 2.24) is 0 Å². The average molecular weight is 338 g/mol. The van der Waals surface area contributed by atoms with E-state index in [1.165, 1.54) is 0 Å². The van der Waals surface area contributed by atoms with Gasteiger partial charge in [-0.25, -0.2) is 0 Å². The van der Waals surface area contributed by atoms with Gasteiger partial charge in [0.1, 0.15) is 0 Å². The summed E-state index contributed by atoms with van der Waals surface area (Å²) in [5.74, 6) is 0. The SMILES string of the molecule is [O]=[Cr](=[O])([O-])[O-].[O]=[Cr](=[O])([O-])[O-].[Pd]. The van der Waals surface area contributed by atoms with Gasteiger partial charge in [-0.05, 0) is 0 Å². The molecule has 0 aromatic rings. The molecule has 0 spiro atoms. The van der Waals surface area contributed by atoms with Crippen molar-refractivity contribution in [1.29, 1.82) is 0 Å². The molecule has 0 fully saturated rings. The first-order valence-electron chi connectivity index (χ1n) is 1.33. The molecule has 0 unspecified atom stereocenters. The van der Waals surface area contributed by atoms with Crippen LogP contribution in [0, 0.1) is 0 Å². The summed E-state index contributed by atoms with van der Waals surface area (Å²) in [4.78, 5) is 0. The van der Waals surface area contributed by atoms with Crippen LogP contribution in [0.5, 0.6) is 0 Å². The van der Waals surface area contributed by atoms with Crippen molar-refractivity contribution in [2.24, 2.45) is 0 Å². The third kappa shape index (κ3) is 1410. The molecule has 0 bridgehead atoms. The van der Waals surface area contributed by atoms with E-state index in [0.717, 1.165) is 0 Å². The van der Waals surface area contributed by atoms with Crippen molar-refractivity contribution in [2.45, 2.75) is 0 Å². The normalized spacial score (nSPS) is 10.5. The van der Waals surface area contributed by atoms with Gasteiger partial charge in [0, 0.05) is 20.4 Å². The Morgan fingerprint density at radius 2 is 0.636 bits per heavy atom. The monoisotopic (exact) mass is 338 g/mol. The van der Waals surface area contributed by atoms with E-state index in [1.807, 2.05) is 0 Å². The van der Waals surface area contributed by atoms with Crippen molar-refractivity contribution in [3.8, 4) is 0 Å². The summed E-state index contributed by atoms with van der Waals surface area (Å²) in [5, 5.41) is 0. The zero-order valence-electron chi connectivity index (χ0n) is 4.40. The molecule has 0 saturated heterocycles. The van der Waals surface area contributed by atoms with E-state index in [4.69, 9.17) is 31.8 Å². The molecule has 0 radical (unpaired) electrons. The van der Waals surface area contributed by atoms with Gasteiger partial charge >= 0.3 is 59.1 Å². The van der Waals surface area contributed by atoms with Crippen LogP contribution in [0.4, 0.5) is 0 Å². The zero-order valence-corrected chi connectivity index (χ0v) is 8.50. The third-order valence-corrected chi connectivity index (χ3v) is 0. The van der Waals surface area contributed by atoms with Crippen LogP contribution in [0.25, 0.3) is 0 Å². The van der Waals surface area contributed by atoms with Crippen molar-refractivity contribution in [3.63, 3.8) is 0 Å². The van der Waals surface area contributed by atoms with E-state index >= 15 is 0 Å². The topological polar surface area (TPSA) is 161 Å². The maximum Gasteiger partial charge on any atom is 0 e. The van der Waals surface area contributed by atoms with Crippen molar-refractivity contribution in [3.05, 3.63) is 0 Å². The van der Waals surface area contributed by atoms with Gasteiger partial charge in [-0.3, -0.25) is 0 Å². The molecule has 0 aliphatic heterocycles. The molecule has 0 rings (SSSR count). The summed E-state index contributed by atoms with van der Waals surface area (Å²) in [7, 11) is 0. The third-order valence-electron chi connectivity index (χ3n) is 0. The van der Waals surface area contributed by atoms with Crippen LogP contribution in [0.1, 0.15) is 0 Å². The Hall–Kier alpha value is 0.767. The van der Waals surface area contributed by atoms with E-state index in [9.17, 15) is 0 Å². The van der Waals surface area contributed by atoms with Crippen LogP contribution in [0.2, 0.25) is 0 Å². The molecule has 0 aromatic heterocycles. The molecule has 11 heteroatoms. The van der Waals surface area contributed by atoms with Crippen LogP contribution in [-0.4, -0.2) is 0 Å². The van der Waals surface area contributed by atoms with Gasteiger partial charge in [0.2, 0.25) is 0 Å². The Kier molecular flexibility index (Phi) is 10.2. The van der Waals surface area contributed by atoms with Crippen LogP contribution < -0.4 is 16.6 Å². The first kappa shape index (κ1) is 17.7. The molecule has 8 nitrogen and oxygen atoms in total. The van der Waals surface area contributed by atoms with E-state index in [-0.39, 0.29) is 20.4 Å². The van der Waals surface area contributed by atoms with Gasteiger partial charge in [-0.1, -0.05) is 0 Å². The first-order valence-corrected chi connectivity index (χ1v) is 5.50. The maximum absolute atomic E-state index is 8.59. The van der Waals surface area contributed by atoms with Crippen LogP contribution in [-0.2, 0) is 62.9 Å². The summed E-state index contributed by atoms with van der Waals surface area (Å²) in [6.07, 6.45) is 0. The van der Waals surface area contributed by atoms with Crippen molar-refractivity contribution >= 4 is 0 Å². The van der Waals surface area contributed by atoms with E-state index in [2.05, 4.69) is 0 Å². The molecule has 0 amide bonds. The second-order valence-electron chi connectivity index (χ2n) is 0.816. The zero-order chi connectivity index (χ0) is 9.00. The maximum atomic E-state index is 8.59. The van der Waals surface area contributed by atoms with Crippen molar-refractivity contribution < 1.29 is 79.5 Å². The standard InChI is InChI=1S/2Cr.8O.Pd/q;;;;;;4*-1;. The fourth-order valence-electron chi connectivity index (χ4n) is 0. The Labute approximate surface area is 79.3 Å². The smallest absolute Gasteiger partial charge is 0 e. The Morgan fingerprint density at radius 3 is 0.636 bits per heavy atom. The number of hydrogen-bond donors (Lipinski definition) is 0. The predicted octanol–water partition coefficient (Wildman–Crippen LogP) is -5.24. The summed E-state index contributed by atoms with van der Waals surface area (Å²) in [6.45, 7) is 0. The van der Waals surface area contributed by atoms with E-state index in [1.54, 1.807) is 0 Å². The van der Waals surface area contributed by atoms with E-state index < -0.39 is 27.2 Å². The Bertz CT molecular complexity index is 208. The first-order chi connectivity index (χ1) is 4.00. The molecule has 74 valence electrons. The van der Waals surface area contributed by atoms with Gasteiger partial charge in [0.05, 0.1) is 0 Å². The largest absolute Gasteiger partial charge is 0 e. The molecule has 0 aromatic carbocycles. The molecule has 0 heterocycles. The van der Waals surface area contributed by atoms with E-state index in [0.29, 0.717) is 0 Å². The van der Waals surface area contributed by atoms with Crippen LogP contribution in [0.15, 0.2) is 0 Å². The van der Waals surface area contributed by atoms with Gasteiger partial charge in [-0.2, -0.15) is 0 Å². The van der Waals surface area contributed by atoms with Crippen LogP contribution >= 0.6 is 0 Å². The molecule has 0 aliphatic carbocycles. The second-order valence-corrected chi connectivity index (χ2v) is 3.37. The quantitative estimate of drug-likeness (QED) is 0.396. The summed E-state index contributed by atoms with van der Waals surface area (Å²) < 4.78 is 68.8. The minimum absolute atomic E-state index is 0. The van der Waals surface area contributed by atoms with Gasteiger partial charge in [0.25, 0.3) is 0 Å². The Balaban J connectivity index is -0.000000107. The molecule has 0 N–H and O–H groups in total. The molecule has 0 aliphatic rings. The minimum Gasteiger partial charge on any atom is 0 e. The fraction of sp³-hybridized carbons (Fsp3) is 0. The van der Waals surface area contributed by atoms with Gasteiger partial charge < -0.3 is 0 Å². The van der Waals surface area contributed by atoms with Gasteiger partial charge in [-0.15, -0.1) is 0 Å². The number of hydrogen-bond acceptors (Lipinski definition) is 8. The summed E-state index contributed by atoms with van der Waals surface area (Å²) >= 11 is -11.5. The van der Waals surface area contributed by atoms with Gasteiger partial charge in [0.15, 0.2) is 0 Å². The molecular weight excluding hydrogens is 338 g/mol. The Morgan fingerprint density at radius 1 is 0.636 bits per heavy atom. The van der Waals surface area contributed by atoms with Crippen molar-refractivity contribution in [2.75, 3.05) is 0 Å². The molecular formula is Cr2O8Pd-4. The summed E-state index contributed by atoms with van der Waals surface area (Å²) in [5.41, 5.74) is 0. The molecule has 0 atom stereocenters. The summed E-state index contributed by atoms with van der Waals surface area (Å²) in [6, 6.07) is 0. The average Bonchev–Trinajstić information content (AvgIpc) is 1.12. The molecule has 0 saturated carbocycles. The van der Waals surface area contributed by atoms with Crippen LogP contribution in [0.3, 0.4) is 0 Å². The fourth-order valence-corrected chi connectivity index (χ4v) is 0. The molecule has 11 heavy (non-hydrogen) atoms.